The van der Waals surface area contributed by atoms with Crippen LogP contribution in [0.5, 0.6) is 0 Å². The molecule has 4 rings (SSSR count). The van der Waals surface area contributed by atoms with Gasteiger partial charge in [-0.3, -0.25) is 14.7 Å². The molecule has 3 heterocycles. The molecule has 10 heteroatoms. The molecule has 33 heavy (non-hydrogen) atoms. The van der Waals surface area contributed by atoms with Crippen LogP contribution in [-0.2, 0) is 27.4 Å². The van der Waals surface area contributed by atoms with Gasteiger partial charge in [0.15, 0.2) is 0 Å². The Hall–Kier alpha value is -3.92. The van der Waals surface area contributed by atoms with Crippen LogP contribution in [0.3, 0.4) is 0 Å². The molecule has 1 aromatic carbocycles. The van der Waals surface area contributed by atoms with Gasteiger partial charge in [-0.1, -0.05) is 30.3 Å². The van der Waals surface area contributed by atoms with E-state index in [1.165, 1.54) is 18.2 Å². The van der Waals surface area contributed by atoms with E-state index in [0.29, 0.717) is 16.6 Å². The normalized spacial score (nSPS) is 16.3. The summed E-state index contributed by atoms with van der Waals surface area (Å²) < 4.78 is 11.8. The highest BCUT2D eigenvalue weighted by Crippen LogP contribution is 2.23. The Balaban J connectivity index is 1.50. The number of hydrogen-bond acceptors (Lipinski definition) is 6. The summed E-state index contributed by atoms with van der Waals surface area (Å²) >= 11 is 0. The Morgan fingerprint density at radius 2 is 2.00 bits per heavy atom. The SMILES string of the molecule is COC[C@H]1CN(C(=O)OCc2ccccc2)CC(=O)N1Cc1cc2cnccc2n1C(=O)O. The lowest BCUT2D eigenvalue weighted by molar-refractivity contribution is -0.141. The standard InChI is InChI=1S/C23H24N4O6/c1-32-15-19-11-25(23(31)33-14-16-5-3-2-4-6-16)13-21(28)26(19)12-18-9-17-10-24-8-7-20(17)27(18)22(29)30/h2-10,19H,11-15H2,1H3,(H,29,30)/t19-/m1/s1. The van der Waals surface area contributed by atoms with Gasteiger partial charge in [0, 0.05) is 37.1 Å². The molecule has 0 unspecified atom stereocenters. The van der Waals surface area contributed by atoms with Gasteiger partial charge in [-0.25, -0.2) is 14.2 Å². The minimum absolute atomic E-state index is 0.0563. The van der Waals surface area contributed by atoms with E-state index in [-0.39, 0.29) is 38.8 Å². The average molecular weight is 452 g/mol. The average Bonchev–Trinajstić information content (AvgIpc) is 3.18. The van der Waals surface area contributed by atoms with Crippen molar-refractivity contribution in [2.45, 2.75) is 19.2 Å². The van der Waals surface area contributed by atoms with E-state index < -0.39 is 18.2 Å². The van der Waals surface area contributed by atoms with Crippen LogP contribution < -0.4 is 0 Å². The maximum absolute atomic E-state index is 13.0. The van der Waals surface area contributed by atoms with Crippen molar-refractivity contribution in [2.75, 3.05) is 26.8 Å². The molecule has 0 radical (unpaired) electrons. The molecule has 3 aromatic rings. The zero-order chi connectivity index (χ0) is 23.4. The number of ether oxygens (including phenoxy) is 2. The van der Waals surface area contributed by atoms with Crippen molar-refractivity contribution in [1.29, 1.82) is 0 Å². The minimum Gasteiger partial charge on any atom is -0.464 e. The summed E-state index contributed by atoms with van der Waals surface area (Å²) in [6.45, 7) is 0.393. The molecule has 2 aromatic heterocycles. The van der Waals surface area contributed by atoms with Gasteiger partial charge in [0.05, 0.1) is 24.7 Å². The van der Waals surface area contributed by atoms with Crippen molar-refractivity contribution in [1.82, 2.24) is 19.4 Å². The van der Waals surface area contributed by atoms with Crippen molar-refractivity contribution in [3.8, 4) is 0 Å². The summed E-state index contributed by atoms with van der Waals surface area (Å²) in [5.74, 6) is -0.319. The fraction of sp³-hybridized carbons (Fsp3) is 0.304. The molecule has 2 amide bonds. The number of carbonyl (C=O) groups excluding carboxylic acids is 2. The van der Waals surface area contributed by atoms with E-state index in [0.717, 1.165) is 10.1 Å². The van der Waals surface area contributed by atoms with E-state index in [1.807, 2.05) is 30.3 Å². The van der Waals surface area contributed by atoms with Crippen LogP contribution in [0.4, 0.5) is 9.59 Å². The summed E-state index contributed by atoms with van der Waals surface area (Å²) in [6.07, 6.45) is 1.36. The predicted molar refractivity (Wildman–Crippen MR) is 118 cm³/mol. The maximum atomic E-state index is 13.0. The van der Waals surface area contributed by atoms with Gasteiger partial charge in [0.1, 0.15) is 13.2 Å². The second-order valence-corrected chi connectivity index (χ2v) is 7.74. The van der Waals surface area contributed by atoms with E-state index >= 15 is 0 Å². The Labute approximate surface area is 189 Å². The zero-order valence-electron chi connectivity index (χ0n) is 18.1. The second-order valence-electron chi connectivity index (χ2n) is 7.74. The van der Waals surface area contributed by atoms with Gasteiger partial charge in [-0.2, -0.15) is 0 Å². The summed E-state index contributed by atoms with van der Waals surface area (Å²) in [6, 6.07) is 12.1. The number of carbonyl (C=O) groups is 3. The number of rotatable bonds is 6. The van der Waals surface area contributed by atoms with Gasteiger partial charge in [-0.15, -0.1) is 0 Å². The first-order valence-electron chi connectivity index (χ1n) is 10.4. The van der Waals surface area contributed by atoms with Gasteiger partial charge in [0.2, 0.25) is 5.91 Å². The highest BCUT2D eigenvalue weighted by atomic mass is 16.6. The molecule has 1 atom stereocenters. The van der Waals surface area contributed by atoms with E-state index in [1.54, 1.807) is 23.2 Å². The highest BCUT2D eigenvalue weighted by Gasteiger charge is 2.36. The third-order valence-electron chi connectivity index (χ3n) is 5.54. The Morgan fingerprint density at radius 3 is 2.73 bits per heavy atom. The number of aromatic nitrogens is 2. The van der Waals surface area contributed by atoms with Gasteiger partial charge in [0.25, 0.3) is 0 Å². The van der Waals surface area contributed by atoms with Crippen molar-refractivity contribution in [3.05, 3.63) is 66.1 Å². The van der Waals surface area contributed by atoms with Crippen LogP contribution >= 0.6 is 0 Å². The third-order valence-corrected chi connectivity index (χ3v) is 5.54. The Kier molecular flexibility index (Phi) is 6.55. The van der Waals surface area contributed by atoms with E-state index in [4.69, 9.17) is 9.47 Å². The fourth-order valence-electron chi connectivity index (χ4n) is 4.01. The van der Waals surface area contributed by atoms with Crippen molar-refractivity contribution < 1.29 is 29.0 Å². The molecule has 0 bridgehead atoms. The molecule has 1 fully saturated rings. The highest BCUT2D eigenvalue weighted by molar-refractivity contribution is 5.90. The summed E-state index contributed by atoms with van der Waals surface area (Å²) in [5, 5.41) is 10.4. The van der Waals surface area contributed by atoms with Crippen LogP contribution in [-0.4, -0.2) is 75.4 Å². The molecule has 10 nitrogen and oxygen atoms in total. The summed E-state index contributed by atoms with van der Waals surface area (Å²) in [4.78, 5) is 44.5. The molecule has 0 aliphatic carbocycles. The lowest BCUT2D eigenvalue weighted by Gasteiger charge is -2.40. The van der Waals surface area contributed by atoms with Gasteiger partial charge < -0.3 is 19.5 Å². The predicted octanol–water partition coefficient (Wildman–Crippen LogP) is 2.56. The van der Waals surface area contributed by atoms with Crippen LogP contribution in [0, 0.1) is 0 Å². The van der Waals surface area contributed by atoms with Crippen LogP contribution in [0.1, 0.15) is 11.3 Å². The Bertz CT molecular complexity index is 1160. The largest absolute Gasteiger partial charge is 0.464 e. The van der Waals surface area contributed by atoms with Gasteiger partial charge >= 0.3 is 12.2 Å². The summed E-state index contributed by atoms with van der Waals surface area (Å²) in [5.41, 5.74) is 1.77. The van der Waals surface area contributed by atoms with Crippen molar-refractivity contribution >= 4 is 29.0 Å². The van der Waals surface area contributed by atoms with Crippen LogP contribution in [0.15, 0.2) is 54.9 Å². The maximum Gasteiger partial charge on any atom is 0.416 e. The molecular formula is C23H24N4O6. The van der Waals surface area contributed by atoms with Crippen molar-refractivity contribution in [2.24, 2.45) is 0 Å². The zero-order valence-corrected chi connectivity index (χ0v) is 18.1. The molecule has 1 saturated heterocycles. The number of nitrogens with zero attached hydrogens (tertiary/aromatic N) is 4. The second kappa shape index (κ2) is 9.70. The molecule has 1 aliphatic heterocycles. The number of fused-ring (bicyclic) bond motifs is 1. The first kappa shape index (κ1) is 22.3. The monoisotopic (exact) mass is 452 g/mol. The molecule has 172 valence electrons. The quantitative estimate of drug-likeness (QED) is 0.611. The first-order valence-corrected chi connectivity index (χ1v) is 10.4. The van der Waals surface area contributed by atoms with Crippen LogP contribution in [0.25, 0.3) is 10.9 Å². The number of pyridine rings is 1. The molecular weight excluding hydrogens is 428 g/mol. The molecule has 1 aliphatic rings. The topological polar surface area (TPSA) is 114 Å². The number of methoxy groups -OCH3 is 1. The lowest BCUT2D eigenvalue weighted by atomic mass is 10.1. The van der Waals surface area contributed by atoms with Gasteiger partial charge in [-0.05, 0) is 17.7 Å². The number of benzene rings is 1. The number of amides is 2. The third kappa shape index (κ3) is 4.80. The summed E-state index contributed by atoms with van der Waals surface area (Å²) in [7, 11) is 1.51. The molecule has 0 spiro atoms. The smallest absolute Gasteiger partial charge is 0.416 e. The Morgan fingerprint density at radius 1 is 1.21 bits per heavy atom. The molecule has 1 N–H and O–H groups in total. The molecule has 0 saturated carbocycles. The number of carboxylic acid groups (broad SMARTS) is 1. The minimum atomic E-state index is -1.15. The first-order chi connectivity index (χ1) is 16.0. The van der Waals surface area contributed by atoms with Crippen molar-refractivity contribution in [3.63, 3.8) is 0 Å². The van der Waals surface area contributed by atoms with Crippen LogP contribution in [0.2, 0.25) is 0 Å². The van der Waals surface area contributed by atoms with E-state index in [9.17, 15) is 19.5 Å². The fourth-order valence-corrected chi connectivity index (χ4v) is 4.01. The number of hydrogen-bond donors (Lipinski definition) is 1. The number of piperazine rings is 1. The van der Waals surface area contributed by atoms with E-state index in [2.05, 4.69) is 4.98 Å². The lowest BCUT2D eigenvalue weighted by Crippen LogP contribution is -2.59.